The third-order valence-corrected chi connectivity index (χ3v) is 7.06. The van der Waals surface area contributed by atoms with Crippen LogP contribution < -0.4 is 5.32 Å². The lowest BCUT2D eigenvalue weighted by Gasteiger charge is -2.17. The molecule has 2 N–H and O–H groups in total. The summed E-state index contributed by atoms with van der Waals surface area (Å²) in [6, 6.07) is 6.30. The second kappa shape index (κ2) is 8.14. The molecule has 0 unspecified atom stereocenters. The maximum atomic E-state index is 12.7. The van der Waals surface area contributed by atoms with Gasteiger partial charge in [-0.25, -0.2) is 18.2 Å². The smallest absolute Gasteiger partial charge is 0.348 e. The molecule has 2 aromatic rings. The van der Waals surface area contributed by atoms with E-state index in [9.17, 15) is 18.3 Å². The van der Waals surface area contributed by atoms with E-state index in [0.717, 1.165) is 11.3 Å². The number of sulfonamides is 1. The molecule has 0 amide bonds. The number of thiophene rings is 1. The standard InChI is InChI=1S/C20H23N3O4S2/c1-20(2,3)9-7-15-12-16(18(28-15)19(24)25)22-14-8-11-23(13-14)29(26,27)17-6-4-5-10-21-17/h4-6,10,12,14,22H,8,11,13H2,1-3H3,(H,24,25)/t14-/m0/s1. The Kier molecular flexibility index (Phi) is 5.98. The number of hydrogen-bond acceptors (Lipinski definition) is 6. The van der Waals surface area contributed by atoms with Crippen LogP contribution in [0.25, 0.3) is 0 Å². The van der Waals surface area contributed by atoms with Gasteiger partial charge < -0.3 is 10.4 Å². The van der Waals surface area contributed by atoms with Gasteiger partial charge in [0.25, 0.3) is 10.0 Å². The first kappa shape index (κ1) is 21.3. The number of aromatic nitrogens is 1. The van der Waals surface area contributed by atoms with Crippen LogP contribution in [-0.2, 0) is 10.0 Å². The van der Waals surface area contributed by atoms with Gasteiger partial charge in [-0.1, -0.05) is 17.9 Å². The number of rotatable bonds is 5. The summed E-state index contributed by atoms with van der Waals surface area (Å²) in [4.78, 5) is 16.4. The Labute approximate surface area is 174 Å². The predicted molar refractivity (Wildman–Crippen MR) is 113 cm³/mol. The molecule has 7 nitrogen and oxygen atoms in total. The number of carboxylic acid groups (broad SMARTS) is 1. The molecule has 0 saturated carbocycles. The molecular weight excluding hydrogens is 410 g/mol. The van der Waals surface area contributed by atoms with Crippen LogP contribution in [0.3, 0.4) is 0 Å². The molecule has 3 heterocycles. The van der Waals surface area contributed by atoms with Crippen molar-refractivity contribution in [1.29, 1.82) is 0 Å². The number of nitrogens with zero attached hydrogens (tertiary/aromatic N) is 2. The van der Waals surface area contributed by atoms with Crippen molar-refractivity contribution in [2.75, 3.05) is 18.4 Å². The second-order valence-electron chi connectivity index (χ2n) is 7.82. The van der Waals surface area contributed by atoms with Crippen molar-refractivity contribution in [2.45, 2.75) is 38.3 Å². The third-order valence-electron chi connectivity index (χ3n) is 4.24. The number of hydrogen-bond donors (Lipinski definition) is 2. The minimum atomic E-state index is -3.66. The summed E-state index contributed by atoms with van der Waals surface area (Å²) in [6.45, 7) is 6.55. The highest BCUT2D eigenvalue weighted by Gasteiger charge is 2.34. The molecule has 1 aliphatic heterocycles. The summed E-state index contributed by atoms with van der Waals surface area (Å²) in [5, 5.41) is 12.7. The molecule has 1 aliphatic rings. The number of carbonyl (C=O) groups is 1. The molecule has 0 aliphatic carbocycles. The molecule has 154 valence electrons. The zero-order valence-corrected chi connectivity index (χ0v) is 18.1. The first-order valence-corrected chi connectivity index (χ1v) is 11.4. The molecule has 3 rings (SSSR count). The average Bonchev–Trinajstić information content (AvgIpc) is 3.28. The molecular formula is C20H23N3O4S2. The topological polar surface area (TPSA) is 99.6 Å². The van der Waals surface area contributed by atoms with Gasteiger partial charge in [0, 0.05) is 30.7 Å². The van der Waals surface area contributed by atoms with E-state index in [4.69, 9.17) is 0 Å². The van der Waals surface area contributed by atoms with Crippen molar-refractivity contribution < 1.29 is 18.3 Å². The van der Waals surface area contributed by atoms with Crippen LogP contribution in [-0.4, -0.2) is 47.9 Å². The van der Waals surface area contributed by atoms with Gasteiger partial charge in [-0.3, -0.25) is 0 Å². The summed E-state index contributed by atoms with van der Waals surface area (Å²) < 4.78 is 26.8. The highest BCUT2D eigenvalue weighted by atomic mass is 32.2. The molecule has 29 heavy (non-hydrogen) atoms. The number of nitrogens with one attached hydrogen (secondary N) is 1. The quantitative estimate of drug-likeness (QED) is 0.703. The highest BCUT2D eigenvalue weighted by Crippen LogP contribution is 2.30. The predicted octanol–water partition coefficient (Wildman–Crippen LogP) is 3.11. The summed E-state index contributed by atoms with van der Waals surface area (Å²) >= 11 is 1.12. The zero-order valence-electron chi connectivity index (χ0n) is 16.5. The van der Waals surface area contributed by atoms with Crippen LogP contribution in [0.1, 0.15) is 41.7 Å². The van der Waals surface area contributed by atoms with Crippen molar-refractivity contribution in [3.8, 4) is 11.8 Å². The Balaban J connectivity index is 1.76. The van der Waals surface area contributed by atoms with E-state index >= 15 is 0 Å². The third kappa shape index (κ3) is 5.15. The van der Waals surface area contributed by atoms with E-state index in [1.54, 1.807) is 18.2 Å². The molecule has 1 atom stereocenters. The van der Waals surface area contributed by atoms with E-state index in [0.29, 0.717) is 23.5 Å². The Bertz CT molecular complexity index is 1060. The van der Waals surface area contributed by atoms with Gasteiger partial charge in [-0.15, -0.1) is 11.3 Å². The second-order valence-corrected chi connectivity index (χ2v) is 10.8. The number of pyridine rings is 1. The van der Waals surface area contributed by atoms with Gasteiger partial charge in [0.15, 0.2) is 5.03 Å². The van der Waals surface area contributed by atoms with E-state index in [-0.39, 0.29) is 27.9 Å². The molecule has 0 aromatic carbocycles. The maximum Gasteiger partial charge on any atom is 0.348 e. The summed E-state index contributed by atoms with van der Waals surface area (Å²) in [7, 11) is -3.66. The Morgan fingerprint density at radius 2 is 2.14 bits per heavy atom. The van der Waals surface area contributed by atoms with Crippen LogP contribution in [0.5, 0.6) is 0 Å². The van der Waals surface area contributed by atoms with Crippen LogP contribution in [0.15, 0.2) is 35.5 Å². The van der Waals surface area contributed by atoms with Gasteiger partial charge in [0.1, 0.15) is 4.88 Å². The van der Waals surface area contributed by atoms with E-state index in [1.165, 1.54) is 16.6 Å². The van der Waals surface area contributed by atoms with Gasteiger partial charge in [-0.05, 0) is 45.4 Å². The van der Waals surface area contributed by atoms with Gasteiger partial charge in [-0.2, -0.15) is 4.31 Å². The van der Waals surface area contributed by atoms with E-state index in [2.05, 4.69) is 22.1 Å². The van der Waals surface area contributed by atoms with Crippen LogP contribution in [0.2, 0.25) is 0 Å². The summed E-state index contributed by atoms with van der Waals surface area (Å²) in [6.07, 6.45) is 2.02. The molecule has 2 aromatic heterocycles. The molecule has 0 radical (unpaired) electrons. The molecule has 9 heteroatoms. The lowest BCUT2D eigenvalue weighted by molar-refractivity contribution is 0.0703. The van der Waals surface area contributed by atoms with Crippen molar-refractivity contribution >= 4 is 33.0 Å². The van der Waals surface area contributed by atoms with Crippen molar-refractivity contribution in [2.24, 2.45) is 5.41 Å². The van der Waals surface area contributed by atoms with Crippen molar-refractivity contribution in [3.05, 3.63) is 40.2 Å². The first-order valence-electron chi connectivity index (χ1n) is 9.14. The highest BCUT2D eigenvalue weighted by molar-refractivity contribution is 7.89. The minimum Gasteiger partial charge on any atom is -0.477 e. The lowest BCUT2D eigenvalue weighted by Crippen LogP contribution is -2.32. The molecule has 1 fully saturated rings. The number of aromatic carboxylic acids is 1. The fourth-order valence-corrected chi connectivity index (χ4v) is 5.13. The summed E-state index contributed by atoms with van der Waals surface area (Å²) in [5.74, 6) is 5.10. The fourth-order valence-electron chi connectivity index (χ4n) is 2.88. The number of carboxylic acids is 1. The SMILES string of the molecule is CC(C)(C)C#Cc1cc(N[C@H]2CCN(S(=O)(=O)c3ccccn3)C2)c(C(=O)O)s1. The van der Waals surface area contributed by atoms with Gasteiger partial charge >= 0.3 is 5.97 Å². The lowest BCUT2D eigenvalue weighted by atomic mass is 9.98. The Hall–Kier alpha value is -2.41. The van der Waals surface area contributed by atoms with Crippen molar-refractivity contribution in [1.82, 2.24) is 9.29 Å². The van der Waals surface area contributed by atoms with Gasteiger partial charge in [0.2, 0.25) is 0 Å². The minimum absolute atomic E-state index is 0.0159. The van der Waals surface area contributed by atoms with Gasteiger partial charge in [0.05, 0.1) is 10.6 Å². The molecule has 0 spiro atoms. The first-order chi connectivity index (χ1) is 13.6. The van der Waals surface area contributed by atoms with Crippen LogP contribution >= 0.6 is 11.3 Å². The maximum absolute atomic E-state index is 12.7. The Morgan fingerprint density at radius 1 is 1.38 bits per heavy atom. The van der Waals surface area contributed by atoms with E-state index < -0.39 is 16.0 Å². The number of anilines is 1. The normalized spacial score (nSPS) is 17.6. The van der Waals surface area contributed by atoms with Crippen LogP contribution in [0, 0.1) is 17.3 Å². The fraction of sp³-hybridized carbons (Fsp3) is 0.400. The monoisotopic (exact) mass is 433 g/mol. The van der Waals surface area contributed by atoms with Crippen LogP contribution in [0.4, 0.5) is 5.69 Å². The average molecular weight is 434 g/mol. The summed E-state index contributed by atoms with van der Waals surface area (Å²) in [5.41, 5.74) is 0.287. The Morgan fingerprint density at radius 3 is 2.76 bits per heavy atom. The molecule has 1 saturated heterocycles. The molecule has 0 bridgehead atoms. The van der Waals surface area contributed by atoms with Crippen molar-refractivity contribution in [3.63, 3.8) is 0 Å². The zero-order chi connectivity index (χ0) is 21.2. The van der Waals surface area contributed by atoms with E-state index in [1.807, 2.05) is 20.8 Å². The largest absolute Gasteiger partial charge is 0.477 e.